The van der Waals surface area contributed by atoms with Crippen molar-refractivity contribution >= 4 is 16.9 Å². The van der Waals surface area contributed by atoms with Crippen molar-refractivity contribution in [1.82, 2.24) is 4.98 Å². The standard InChI is InChI=1S/C12H10FNO3/c1-6-9(5-11(15)16)12(17)8-3-2-7(13)4-10(8)14-6/h2-4H,5H2,1H3,(H,14,17)(H,15,16). The summed E-state index contributed by atoms with van der Waals surface area (Å²) in [5.74, 6) is -1.52. The first-order chi connectivity index (χ1) is 7.99. The highest BCUT2D eigenvalue weighted by molar-refractivity contribution is 5.81. The number of pyridine rings is 1. The van der Waals surface area contributed by atoms with E-state index >= 15 is 0 Å². The van der Waals surface area contributed by atoms with Crippen LogP contribution in [0.15, 0.2) is 23.0 Å². The number of carboxylic acids is 1. The lowest BCUT2D eigenvalue weighted by Gasteiger charge is -2.06. The van der Waals surface area contributed by atoms with Gasteiger partial charge in [-0.05, 0) is 25.1 Å². The average molecular weight is 235 g/mol. The Hall–Kier alpha value is -2.17. The van der Waals surface area contributed by atoms with Crippen molar-refractivity contribution in [3.05, 3.63) is 45.5 Å². The predicted octanol–water partition coefficient (Wildman–Crippen LogP) is 1.60. The fourth-order valence-electron chi connectivity index (χ4n) is 1.79. The van der Waals surface area contributed by atoms with E-state index < -0.39 is 11.8 Å². The van der Waals surface area contributed by atoms with Crippen LogP contribution in [0.2, 0.25) is 0 Å². The van der Waals surface area contributed by atoms with Crippen LogP contribution in [0.25, 0.3) is 10.9 Å². The Kier molecular flexibility index (Phi) is 2.67. The molecule has 0 aliphatic heterocycles. The number of rotatable bonds is 2. The molecule has 0 aliphatic rings. The predicted molar refractivity (Wildman–Crippen MR) is 60.6 cm³/mol. The van der Waals surface area contributed by atoms with E-state index in [2.05, 4.69) is 4.98 Å². The van der Waals surface area contributed by atoms with Gasteiger partial charge in [0.1, 0.15) is 5.82 Å². The van der Waals surface area contributed by atoms with Crippen LogP contribution in [-0.2, 0) is 11.2 Å². The molecule has 0 bridgehead atoms. The molecular weight excluding hydrogens is 225 g/mol. The van der Waals surface area contributed by atoms with Gasteiger partial charge in [0.2, 0.25) is 0 Å². The molecule has 2 aromatic rings. The second kappa shape index (κ2) is 4.01. The Morgan fingerprint density at radius 2 is 2.18 bits per heavy atom. The summed E-state index contributed by atoms with van der Waals surface area (Å²) in [6.07, 6.45) is -0.339. The molecule has 0 spiro atoms. The first kappa shape index (κ1) is 11.3. The number of aryl methyl sites for hydroxylation is 1. The number of aromatic amines is 1. The van der Waals surface area contributed by atoms with Gasteiger partial charge in [0.05, 0.1) is 11.9 Å². The van der Waals surface area contributed by atoms with Gasteiger partial charge in [-0.1, -0.05) is 0 Å². The first-order valence-corrected chi connectivity index (χ1v) is 5.02. The second-order valence-corrected chi connectivity index (χ2v) is 3.82. The van der Waals surface area contributed by atoms with E-state index in [1.165, 1.54) is 18.2 Å². The maximum absolute atomic E-state index is 13.0. The SMILES string of the molecule is Cc1[nH]c2cc(F)ccc2c(=O)c1CC(=O)O. The van der Waals surface area contributed by atoms with Crippen LogP contribution >= 0.6 is 0 Å². The molecule has 0 saturated carbocycles. The minimum Gasteiger partial charge on any atom is -0.481 e. The largest absolute Gasteiger partial charge is 0.481 e. The number of hydrogen-bond acceptors (Lipinski definition) is 2. The van der Waals surface area contributed by atoms with E-state index in [4.69, 9.17) is 5.11 Å². The quantitative estimate of drug-likeness (QED) is 0.830. The third-order valence-corrected chi connectivity index (χ3v) is 2.60. The summed E-state index contributed by atoms with van der Waals surface area (Å²) >= 11 is 0. The Bertz CT molecular complexity index is 661. The zero-order valence-electron chi connectivity index (χ0n) is 9.08. The van der Waals surface area contributed by atoms with Gasteiger partial charge in [-0.3, -0.25) is 9.59 Å². The van der Waals surface area contributed by atoms with E-state index in [1.807, 2.05) is 0 Å². The topological polar surface area (TPSA) is 70.2 Å². The Labute approximate surface area is 95.7 Å². The van der Waals surface area contributed by atoms with Crippen LogP contribution in [0.3, 0.4) is 0 Å². The van der Waals surface area contributed by atoms with Crippen LogP contribution in [0, 0.1) is 12.7 Å². The highest BCUT2D eigenvalue weighted by Crippen LogP contribution is 2.13. The lowest BCUT2D eigenvalue weighted by Crippen LogP contribution is -2.17. The third kappa shape index (κ3) is 2.04. The molecule has 2 N–H and O–H groups in total. The summed E-state index contributed by atoms with van der Waals surface area (Å²) in [5, 5.41) is 9.02. The summed E-state index contributed by atoms with van der Waals surface area (Å²) in [4.78, 5) is 25.5. The molecule has 0 aliphatic carbocycles. The fourth-order valence-corrected chi connectivity index (χ4v) is 1.79. The van der Waals surface area contributed by atoms with Gasteiger partial charge < -0.3 is 10.1 Å². The van der Waals surface area contributed by atoms with Crippen molar-refractivity contribution in [3.8, 4) is 0 Å². The summed E-state index contributed by atoms with van der Waals surface area (Å²) in [6, 6.07) is 3.75. The van der Waals surface area contributed by atoms with Crippen LogP contribution in [-0.4, -0.2) is 16.1 Å². The van der Waals surface area contributed by atoms with E-state index in [0.717, 1.165) is 0 Å². The van der Waals surface area contributed by atoms with Gasteiger partial charge in [-0.25, -0.2) is 4.39 Å². The van der Waals surface area contributed by atoms with Crippen molar-refractivity contribution in [2.75, 3.05) is 0 Å². The van der Waals surface area contributed by atoms with Crippen molar-refractivity contribution in [2.24, 2.45) is 0 Å². The minimum atomic E-state index is -1.07. The lowest BCUT2D eigenvalue weighted by atomic mass is 10.1. The highest BCUT2D eigenvalue weighted by Gasteiger charge is 2.12. The first-order valence-electron chi connectivity index (χ1n) is 5.02. The van der Waals surface area contributed by atoms with Crippen molar-refractivity contribution in [2.45, 2.75) is 13.3 Å². The molecule has 1 aromatic heterocycles. The normalized spacial score (nSPS) is 10.7. The van der Waals surface area contributed by atoms with E-state index in [-0.39, 0.29) is 17.4 Å². The fraction of sp³-hybridized carbons (Fsp3) is 0.167. The molecule has 88 valence electrons. The minimum absolute atomic E-state index is 0.205. The summed E-state index contributed by atoms with van der Waals surface area (Å²) in [5.41, 5.74) is 0.674. The zero-order chi connectivity index (χ0) is 12.6. The van der Waals surface area contributed by atoms with Crippen LogP contribution in [0.1, 0.15) is 11.3 Å². The highest BCUT2D eigenvalue weighted by atomic mass is 19.1. The Morgan fingerprint density at radius 3 is 2.82 bits per heavy atom. The van der Waals surface area contributed by atoms with Gasteiger partial charge >= 0.3 is 5.97 Å². The van der Waals surface area contributed by atoms with Crippen LogP contribution in [0.5, 0.6) is 0 Å². The Morgan fingerprint density at radius 1 is 1.47 bits per heavy atom. The number of aliphatic carboxylic acids is 1. The molecule has 17 heavy (non-hydrogen) atoms. The molecule has 0 atom stereocenters. The number of fused-ring (bicyclic) bond motifs is 1. The van der Waals surface area contributed by atoms with E-state index in [0.29, 0.717) is 16.6 Å². The van der Waals surface area contributed by atoms with Gasteiger partial charge in [0.25, 0.3) is 0 Å². The molecular formula is C12H10FNO3. The summed E-state index contributed by atoms with van der Waals surface area (Å²) in [7, 11) is 0. The van der Waals surface area contributed by atoms with Crippen molar-refractivity contribution < 1.29 is 14.3 Å². The molecule has 4 nitrogen and oxygen atoms in total. The maximum atomic E-state index is 13.0. The molecule has 2 rings (SSSR count). The molecule has 0 unspecified atom stereocenters. The van der Waals surface area contributed by atoms with Gasteiger partial charge in [-0.15, -0.1) is 0 Å². The molecule has 1 aromatic carbocycles. The number of halogens is 1. The monoisotopic (exact) mass is 235 g/mol. The Balaban J connectivity index is 2.76. The van der Waals surface area contributed by atoms with Gasteiger partial charge in [0, 0.05) is 16.6 Å². The maximum Gasteiger partial charge on any atom is 0.308 e. The van der Waals surface area contributed by atoms with E-state index in [9.17, 15) is 14.0 Å². The molecule has 0 amide bonds. The van der Waals surface area contributed by atoms with Crippen LogP contribution < -0.4 is 5.43 Å². The number of H-pyrrole nitrogens is 1. The number of carbonyl (C=O) groups is 1. The molecule has 5 heteroatoms. The number of aromatic nitrogens is 1. The second-order valence-electron chi connectivity index (χ2n) is 3.82. The molecule has 1 heterocycles. The molecule has 0 radical (unpaired) electrons. The number of benzene rings is 1. The summed E-state index contributed by atoms with van der Waals surface area (Å²) in [6.45, 7) is 1.60. The third-order valence-electron chi connectivity index (χ3n) is 2.60. The lowest BCUT2D eigenvalue weighted by molar-refractivity contribution is -0.136. The number of hydrogen-bond donors (Lipinski definition) is 2. The van der Waals surface area contributed by atoms with E-state index in [1.54, 1.807) is 6.92 Å². The molecule has 0 saturated heterocycles. The van der Waals surface area contributed by atoms with Crippen molar-refractivity contribution in [3.63, 3.8) is 0 Å². The zero-order valence-corrected chi connectivity index (χ0v) is 9.08. The van der Waals surface area contributed by atoms with Crippen LogP contribution in [0.4, 0.5) is 4.39 Å². The average Bonchev–Trinajstić information content (AvgIpc) is 2.23. The number of nitrogens with one attached hydrogen (secondary N) is 1. The summed E-state index contributed by atoms with van der Waals surface area (Å²) < 4.78 is 13.0. The van der Waals surface area contributed by atoms with Gasteiger partial charge in [-0.2, -0.15) is 0 Å². The number of carboxylic acid groups (broad SMARTS) is 1. The van der Waals surface area contributed by atoms with Gasteiger partial charge in [0.15, 0.2) is 5.43 Å². The molecule has 0 fully saturated rings. The smallest absolute Gasteiger partial charge is 0.308 e. The van der Waals surface area contributed by atoms with Crippen molar-refractivity contribution in [1.29, 1.82) is 0 Å².